The van der Waals surface area contributed by atoms with Crippen molar-refractivity contribution in [2.75, 3.05) is 11.6 Å². The number of anilines is 2. The normalized spacial score (nSPS) is 10.3. The lowest BCUT2D eigenvalue weighted by Gasteiger charge is -2.06. The fraction of sp³-hybridized carbons (Fsp3) is 0.133. The number of nitrogens with zero attached hydrogens (tertiary/aromatic N) is 5. The maximum Gasteiger partial charge on any atom is 0.247 e. The molecule has 0 aliphatic rings. The van der Waals surface area contributed by atoms with Gasteiger partial charge in [-0.2, -0.15) is 10.4 Å². The van der Waals surface area contributed by atoms with Gasteiger partial charge in [0.15, 0.2) is 0 Å². The van der Waals surface area contributed by atoms with Crippen molar-refractivity contribution in [1.29, 1.82) is 5.26 Å². The van der Waals surface area contributed by atoms with E-state index < -0.39 is 0 Å². The summed E-state index contributed by atoms with van der Waals surface area (Å²) in [6, 6.07) is 5.93. The van der Waals surface area contributed by atoms with Crippen molar-refractivity contribution < 1.29 is 0 Å². The number of aromatic nitrogens is 4. The minimum absolute atomic E-state index is 0.395. The van der Waals surface area contributed by atoms with Gasteiger partial charge >= 0.3 is 0 Å². The standard InChI is InChI=1S/C15H12N6S2/c1-9-12(6-16)23-14(22-2)13(9)11-8-18-21-15(20-11)19-10-4-3-5-17-7-10/h3-5,7-8H,1-2H3,(H,19,20,21). The molecular formula is C15H12N6S2. The first-order valence-corrected chi connectivity index (χ1v) is 8.71. The Morgan fingerprint density at radius 2 is 2.22 bits per heavy atom. The second-order valence-corrected chi connectivity index (χ2v) is 6.66. The number of rotatable bonds is 4. The third-order valence-electron chi connectivity index (χ3n) is 3.13. The molecule has 0 amide bonds. The molecule has 0 aliphatic carbocycles. The molecule has 23 heavy (non-hydrogen) atoms. The predicted molar refractivity (Wildman–Crippen MR) is 91.9 cm³/mol. The highest BCUT2D eigenvalue weighted by atomic mass is 32.2. The van der Waals surface area contributed by atoms with Crippen LogP contribution in [0.4, 0.5) is 11.6 Å². The van der Waals surface area contributed by atoms with E-state index in [0.717, 1.165) is 21.0 Å². The summed E-state index contributed by atoms with van der Waals surface area (Å²) < 4.78 is 1.05. The van der Waals surface area contributed by atoms with Gasteiger partial charge in [0.2, 0.25) is 5.95 Å². The van der Waals surface area contributed by atoms with E-state index in [1.54, 1.807) is 30.4 Å². The third kappa shape index (κ3) is 3.16. The van der Waals surface area contributed by atoms with Crippen LogP contribution in [0.2, 0.25) is 0 Å². The van der Waals surface area contributed by atoms with E-state index in [-0.39, 0.29) is 0 Å². The van der Waals surface area contributed by atoms with Crippen LogP contribution in [0, 0.1) is 18.3 Å². The Morgan fingerprint density at radius 1 is 1.35 bits per heavy atom. The first-order chi connectivity index (χ1) is 11.2. The van der Waals surface area contributed by atoms with E-state index in [9.17, 15) is 5.26 Å². The molecule has 0 aromatic carbocycles. The van der Waals surface area contributed by atoms with Gasteiger partial charge in [-0.05, 0) is 30.9 Å². The lowest BCUT2D eigenvalue weighted by molar-refractivity contribution is 0.980. The fourth-order valence-electron chi connectivity index (χ4n) is 2.08. The summed E-state index contributed by atoms with van der Waals surface area (Å²) in [5.74, 6) is 0.395. The lowest BCUT2D eigenvalue weighted by atomic mass is 10.1. The molecule has 0 spiro atoms. The summed E-state index contributed by atoms with van der Waals surface area (Å²) >= 11 is 3.07. The van der Waals surface area contributed by atoms with Crippen molar-refractivity contribution in [3.8, 4) is 17.3 Å². The number of hydrogen-bond donors (Lipinski definition) is 1. The number of pyridine rings is 1. The second-order valence-electron chi connectivity index (χ2n) is 4.57. The average Bonchev–Trinajstić information content (AvgIpc) is 2.92. The largest absolute Gasteiger partial charge is 0.321 e. The Bertz CT molecular complexity index is 869. The second kappa shape index (κ2) is 6.73. The smallest absolute Gasteiger partial charge is 0.247 e. The summed E-state index contributed by atoms with van der Waals surface area (Å²) in [6.45, 7) is 1.93. The molecule has 0 atom stereocenters. The van der Waals surface area contributed by atoms with Gasteiger partial charge in [-0.3, -0.25) is 4.98 Å². The molecule has 1 N–H and O–H groups in total. The van der Waals surface area contributed by atoms with E-state index in [4.69, 9.17) is 0 Å². The molecule has 0 radical (unpaired) electrons. The zero-order valence-corrected chi connectivity index (χ0v) is 14.1. The zero-order chi connectivity index (χ0) is 16.2. The lowest BCUT2D eigenvalue weighted by Crippen LogP contribution is -2.00. The first-order valence-electron chi connectivity index (χ1n) is 6.67. The van der Waals surface area contributed by atoms with Crippen LogP contribution < -0.4 is 5.32 Å². The van der Waals surface area contributed by atoms with Crippen molar-refractivity contribution in [3.63, 3.8) is 0 Å². The van der Waals surface area contributed by atoms with Gasteiger partial charge in [0, 0.05) is 11.8 Å². The molecular weight excluding hydrogens is 328 g/mol. The maximum absolute atomic E-state index is 9.23. The van der Waals surface area contributed by atoms with Crippen molar-refractivity contribution in [2.45, 2.75) is 11.1 Å². The van der Waals surface area contributed by atoms with Crippen molar-refractivity contribution in [3.05, 3.63) is 41.2 Å². The molecule has 3 rings (SSSR count). The van der Waals surface area contributed by atoms with Crippen LogP contribution in [0.1, 0.15) is 10.4 Å². The molecule has 3 aromatic heterocycles. The molecule has 6 nitrogen and oxygen atoms in total. The highest BCUT2D eigenvalue weighted by Crippen LogP contribution is 2.40. The topological polar surface area (TPSA) is 87.4 Å². The van der Waals surface area contributed by atoms with Crippen molar-refractivity contribution in [1.82, 2.24) is 20.2 Å². The number of nitrogens with one attached hydrogen (secondary N) is 1. The van der Waals surface area contributed by atoms with Crippen LogP contribution in [0.15, 0.2) is 34.9 Å². The molecule has 0 saturated heterocycles. The molecule has 0 saturated carbocycles. The van der Waals surface area contributed by atoms with E-state index in [0.29, 0.717) is 16.5 Å². The minimum atomic E-state index is 0.395. The summed E-state index contributed by atoms with van der Waals surface area (Å²) in [4.78, 5) is 9.27. The highest BCUT2D eigenvalue weighted by molar-refractivity contribution is 8.00. The van der Waals surface area contributed by atoms with Crippen LogP contribution in [0.25, 0.3) is 11.3 Å². The Hall–Kier alpha value is -2.50. The zero-order valence-electron chi connectivity index (χ0n) is 12.4. The first kappa shape index (κ1) is 15.4. The summed E-state index contributed by atoms with van der Waals surface area (Å²) in [5, 5.41) is 20.3. The summed E-state index contributed by atoms with van der Waals surface area (Å²) in [6.07, 6.45) is 6.99. The fourth-order valence-corrected chi connectivity index (χ4v) is 3.97. The number of nitriles is 1. The van der Waals surface area contributed by atoms with Gasteiger partial charge in [-0.15, -0.1) is 28.2 Å². The molecule has 0 fully saturated rings. The molecule has 0 unspecified atom stereocenters. The van der Waals surface area contributed by atoms with E-state index >= 15 is 0 Å². The van der Waals surface area contributed by atoms with E-state index in [1.807, 2.05) is 25.3 Å². The van der Waals surface area contributed by atoms with Gasteiger partial charge in [-0.25, -0.2) is 4.98 Å². The summed E-state index contributed by atoms with van der Waals surface area (Å²) in [7, 11) is 0. The Labute approximate surface area is 141 Å². The van der Waals surface area contributed by atoms with Crippen molar-refractivity contribution >= 4 is 34.7 Å². The van der Waals surface area contributed by atoms with E-state index in [2.05, 4.69) is 31.6 Å². The van der Waals surface area contributed by atoms with Crippen LogP contribution >= 0.6 is 23.1 Å². The van der Waals surface area contributed by atoms with Crippen LogP contribution in [0.5, 0.6) is 0 Å². The predicted octanol–water partition coefficient (Wildman–Crippen LogP) is 3.64. The maximum atomic E-state index is 9.23. The highest BCUT2D eigenvalue weighted by Gasteiger charge is 2.18. The monoisotopic (exact) mass is 340 g/mol. The third-order valence-corrected chi connectivity index (χ3v) is 5.45. The van der Waals surface area contributed by atoms with Gasteiger partial charge in [-0.1, -0.05) is 0 Å². The van der Waals surface area contributed by atoms with Crippen LogP contribution in [-0.2, 0) is 0 Å². The van der Waals surface area contributed by atoms with E-state index in [1.165, 1.54) is 11.3 Å². The number of hydrogen-bond acceptors (Lipinski definition) is 8. The Morgan fingerprint density at radius 3 is 2.91 bits per heavy atom. The quantitative estimate of drug-likeness (QED) is 0.725. The molecule has 114 valence electrons. The van der Waals surface area contributed by atoms with Gasteiger partial charge in [0.1, 0.15) is 10.9 Å². The van der Waals surface area contributed by atoms with Gasteiger partial charge in [0.25, 0.3) is 0 Å². The Kier molecular flexibility index (Phi) is 4.50. The number of thiophene rings is 1. The molecule has 8 heteroatoms. The van der Waals surface area contributed by atoms with Gasteiger partial charge in [0.05, 0.1) is 28.0 Å². The average molecular weight is 340 g/mol. The molecule has 3 aromatic rings. The van der Waals surface area contributed by atoms with Crippen molar-refractivity contribution in [2.24, 2.45) is 0 Å². The van der Waals surface area contributed by atoms with Gasteiger partial charge < -0.3 is 5.32 Å². The molecule has 3 heterocycles. The minimum Gasteiger partial charge on any atom is -0.321 e. The van der Waals surface area contributed by atoms with Crippen LogP contribution in [0.3, 0.4) is 0 Å². The Balaban J connectivity index is 2.01. The number of thioether (sulfide) groups is 1. The molecule has 0 aliphatic heterocycles. The molecule has 0 bridgehead atoms. The SMILES string of the molecule is CSc1sc(C#N)c(C)c1-c1cnnc(Nc2cccnc2)n1. The van der Waals surface area contributed by atoms with Crippen LogP contribution in [-0.4, -0.2) is 26.4 Å². The summed E-state index contributed by atoms with van der Waals surface area (Å²) in [5.41, 5.74) is 3.36.